The van der Waals surface area contributed by atoms with Gasteiger partial charge in [-0.1, -0.05) is 60.7 Å². The van der Waals surface area contributed by atoms with Crippen molar-refractivity contribution in [1.82, 2.24) is 4.98 Å². The maximum Gasteiger partial charge on any atom is 0.225 e. The van der Waals surface area contributed by atoms with Crippen LogP contribution in [0.25, 0.3) is 11.1 Å². The van der Waals surface area contributed by atoms with Gasteiger partial charge in [-0.15, -0.1) is 0 Å². The molecule has 0 unspecified atom stereocenters. The molecular weight excluding hydrogens is 400 g/mol. The molecule has 0 spiro atoms. The zero-order valence-corrected chi connectivity index (χ0v) is 17.7. The Bertz CT molecular complexity index is 1220. The van der Waals surface area contributed by atoms with E-state index < -0.39 is 0 Å². The van der Waals surface area contributed by atoms with Crippen LogP contribution in [0.15, 0.2) is 91.0 Å². The molecule has 0 aliphatic carbocycles. The molecule has 0 saturated heterocycles. The number of hydrogen-bond acceptors (Lipinski definition) is 5. The van der Waals surface area contributed by atoms with Crippen LogP contribution in [0, 0.1) is 11.3 Å². The van der Waals surface area contributed by atoms with Crippen molar-refractivity contribution < 1.29 is 14.2 Å². The van der Waals surface area contributed by atoms with E-state index >= 15 is 0 Å². The maximum atomic E-state index is 9.40. The Kier molecular flexibility index (Phi) is 6.64. The highest BCUT2D eigenvalue weighted by Gasteiger charge is 2.13. The summed E-state index contributed by atoms with van der Waals surface area (Å²) in [7, 11) is 1.58. The fourth-order valence-corrected chi connectivity index (χ4v) is 3.23. The summed E-state index contributed by atoms with van der Waals surface area (Å²) in [5.41, 5.74) is 4.11. The molecule has 5 nitrogen and oxygen atoms in total. The van der Waals surface area contributed by atoms with Crippen molar-refractivity contribution in [2.75, 3.05) is 7.11 Å². The summed E-state index contributed by atoms with van der Waals surface area (Å²) in [6.45, 7) is 0.765. The smallest absolute Gasteiger partial charge is 0.225 e. The van der Waals surface area contributed by atoms with Crippen molar-refractivity contribution in [3.05, 3.63) is 108 Å². The van der Waals surface area contributed by atoms with Crippen LogP contribution in [-0.2, 0) is 13.2 Å². The number of rotatable bonds is 8. The lowest BCUT2D eigenvalue weighted by Crippen LogP contribution is -2.02. The highest BCUT2D eigenvalue weighted by atomic mass is 16.5. The van der Waals surface area contributed by atoms with E-state index in [9.17, 15) is 5.26 Å². The third kappa shape index (κ3) is 5.24. The van der Waals surface area contributed by atoms with Crippen LogP contribution in [0.2, 0.25) is 0 Å². The Balaban J connectivity index is 1.66. The molecule has 0 aliphatic rings. The molecule has 32 heavy (non-hydrogen) atoms. The van der Waals surface area contributed by atoms with Gasteiger partial charge < -0.3 is 14.2 Å². The van der Waals surface area contributed by atoms with Gasteiger partial charge >= 0.3 is 0 Å². The van der Waals surface area contributed by atoms with Crippen LogP contribution in [-0.4, -0.2) is 12.1 Å². The number of methoxy groups -OCH3 is 1. The molecule has 0 amide bonds. The van der Waals surface area contributed by atoms with Crippen LogP contribution >= 0.6 is 0 Å². The Hall–Kier alpha value is -4.30. The summed E-state index contributed by atoms with van der Waals surface area (Å²) in [4.78, 5) is 4.62. The van der Waals surface area contributed by atoms with Gasteiger partial charge in [0.2, 0.25) is 11.8 Å². The molecule has 0 aliphatic heterocycles. The van der Waals surface area contributed by atoms with E-state index in [0.717, 1.165) is 22.3 Å². The molecule has 4 aromatic rings. The van der Waals surface area contributed by atoms with E-state index in [2.05, 4.69) is 11.1 Å². The quantitative estimate of drug-likeness (QED) is 0.360. The van der Waals surface area contributed by atoms with Crippen LogP contribution < -0.4 is 14.2 Å². The second kappa shape index (κ2) is 10.1. The molecule has 0 atom stereocenters. The second-order valence-corrected chi connectivity index (χ2v) is 7.11. The van der Waals surface area contributed by atoms with Gasteiger partial charge in [-0.05, 0) is 41.0 Å². The molecule has 3 aromatic carbocycles. The molecule has 0 N–H and O–H groups in total. The largest absolute Gasteiger partial charge is 0.497 e. The Labute approximate surface area is 187 Å². The monoisotopic (exact) mass is 422 g/mol. The summed E-state index contributed by atoms with van der Waals surface area (Å²) >= 11 is 0. The van der Waals surface area contributed by atoms with Crippen LogP contribution in [0.1, 0.15) is 16.7 Å². The van der Waals surface area contributed by atoms with Gasteiger partial charge in [0.15, 0.2) is 0 Å². The van der Waals surface area contributed by atoms with Crippen molar-refractivity contribution in [3.63, 3.8) is 0 Å². The van der Waals surface area contributed by atoms with Crippen molar-refractivity contribution >= 4 is 0 Å². The minimum absolute atomic E-state index is 0.359. The number of pyridine rings is 1. The summed E-state index contributed by atoms with van der Waals surface area (Å²) < 4.78 is 17.4. The number of ether oxygens (including phenoxy) is 3. The lowest BCUT2D eigenvalue weighted by Gasteiger charge is -2.14. The minimum Gasteiger partial charge on any atom is -0.497 e. The van der Waals surface area contributed by atoms with Gasteiger partial charge in [-0.25, -0.2) is 0 Å². The van der Waals surface area contributed by atoms with Gasteiger partial charge in [0, 0.05) is 11.6 Å². The highest BCUT2D eigenvalue weighted by molar-refractivity contribution is 5.72. The fraction of sp³-hybridized carbons (Fsp3) is 0.111. The Morgan fingerprint density at radius 3 is 2.06 bits per heavy atom. The van der Waals surface area contributed by atoms with Crippen molar-refractivity contribution in [2.45, 2.75) is 13.2 Å². The molecule has 1 heterocycles. The van der Waals surface area contributed by atoms with Crippen molar-refractivity contribution in [1.29, 1.82) is 5.26 Å². The first-order valence-corrected chi connectivity index (χ1v) is 10.2. The topological polar surface area (TPSA) is 64.4 Å². The lowest BCUT2D eigenvalue weighted by atomic mass is 10.0. The van der Waals surface area contributed by atoms with Gasteiger partial charge in [-0.3, -0.25) is 0 Å². The van der Waals surface area contributed by atoms with Crippen molar-refractivity contribution in [3.8, 4) is 34.7 Å². The van der Waals surface area contributed by atoms with E-state index in [-0.39, 0.29) is 0 Å². The van der Waals surface area contributed by atoms with E-state index in [1.165, 1.54) is 0 Å². The van der Waals surface area contributed by atoms with Gasteiger partial charge in [-0.2, -0.15) is 10.2 Å². The van der Waals surface area contributed by atoms with Crippen LogP contribution in [0.5, 0.6) is 17.5 Å². The molecule has 0 saturated carbocycles. The average molecular weight is 422 g/mol. The first-order valence-electron chi connectivity index (χ1n) is 10.2. The Morgan fingerprint density at radius 2 is 1.44 bits per heavy atom. The predicted molar refractivity (Wildman–Crippen MR) is 122 cm³/mol. The number of aromatic nitrogens is 1. The number of benzene rings is 3. The minimum atomic E-state index is 0.359. The van der Waals surface area contributed by atoms with E-state index in [1.54, 1.807) is 25.3 Å². The average Bonchev–Trinajstić information content (AvgIpc) is 2.87. The molecule has 158 valence electrons. The normalized spacial score (nSPS) is 10.2. The maximum absolute atomic E-state index is 9.40. The molecule has 1 aromatic heterocycles. The summed E-state index contributed by atoms with van der Waals surface area (Å²) in [5.74, 6) is 1.48. The standard InChI is InChI=1S/C27H22N2O3/c1-30-24-15-22(17-28)14-23(16-24)25-12-13-26(31-18-20-8-4-2-5-9-20)29-27(25)32-19-21-10-6-3-7-11-21/h2-16H,18-19H2,1H3. The molecule has 0 bridgehead atoms. The third-order valence-electron chi connectivity index (χ3n) is 4.86. The number of nitriles is 1. The first-order chi connectivity index (χ1) is 15.7. The van der Waals surface area contributed by atoms with Gasteiger partial charge in [0.1, 0.15) is 19.0 Å². The van der Waals surface area contributed by atoms with E-state index in [4.69, 9.17) is 14.2 Å². The Morgan fingerprint density at radius 1 is 0.781 bits per heavy atom. The van der Waals surface area contributed by atoms with Crippen molar-refractivity contribution in [2.24, 2.45) is 0 Å². The summed E-state index contributed by atoms with van der Waals surface area (Å²) in [5, 5.41) is 9.40. The summed E-state index contributed by atoms with van der Waals surface area (Å²) in [6.07, 6.45) is 0. The molecule has 4 rings (SSSR count). The number of hydrogen-bond donors (Lipinski definition) is 0. The zero-order valence-electron chi connectivity index (χ0n) is 17.7. The van der Waals surface area contributed by atoms with Gasteiger partial charge in [0.25, 0.3) is 0 Å². The molecule has 0 radical (unpaired) electrons. The third-order valence-corrected chi connectivity index (χ3v) is 4.86. The first kappa shape index (κ1) is 21.0. The molecule has 5 heteroatoms. The van der Waals surface area contributed by atoms with Gasteiger partial charge in [0.05, 0.1) is 18.7 Å². The number of nitrogens with zero attached hydrogens (tertiary/aromatic N) is 2. The second-order valence-electron chi connectivity index (χ2n) is 7.11. The van der Waals surface area contributed by atoms with E-state index in [1.807, 2.05) is 72.8 Å². The fourth-order valence-electron chi connectivity index (χ4n) is 3.23. The highest BCUT2D eigenvalue weighted by Crippen LogP contribution is 2.34. The van der Waals surface area contributed by atoms with E-state index in [0.29, 0.717) is 36.3 Å². The molecule has 0 fully saturated rings. The lowest BCUT2D eigenvalue weighted by molar-refractivity contribution is 0.268. The SMILES string of the molecule is COc1cc(C#N)cc(-c2ccc(OCc3ccccc3)nc2OCc2ccccc2)c1. The summed E-state index contributed by atoms with van der Waals surface area (Å²) in [6, 6.07) is 31.0. The van der Waals surface area contributed by atoms with Crippen LogP contribution in [0.3, 0.4) is 0 Å². The molecular formula is C27H22N2O3. The van der Waals surface area contributed by atoms with Crippen LogP contribution in [0.4, 0.5) is 0 Å². The zero-order chi connectivity index (χ0) is 22.2. The predicted octanol–water partition coefficient (Wildman–Crippen LogP) is 5.79.